The Hall–Kier alpha value is -1.97. The zero-order valence-electron chi connectivity index (χ0n) is 9.10. The van der Waals surface area contributed by atoms with E-state index in [9.17, 15) is 0 Å². The van der Waals surface area contributed by atoms with Crippen molar-refractivity contribution in [3.8, 4) is 11.1 Å². The summed E-state index contributed by atoms with van der Waals surface area (Å²) in [5.74, 6) is 0.381. The Morgan fingerprint density at radius 1 is 1.44 bits per heavy atom. The Labute approximate surface area is 93.6 Å². The van der Waals surface area contributed by atoms with Crippen LogP contribution in [0.5, 0.6) is 0 Å². The van der Waals surface area contributed by atoms with Crippen molar-refractivity contribution in [2.45, 2.75) is 6.42 Å². The first kappa shape index (κ1) is 9.27. The van der Waals surface area contributed by atoms with E-state index in [2.05, 4.69) is 35.3 Å². The van der Waals surface area contributed by atoms with Gasteiger partial charge < -0.3 is 15.2 Å². The van der Waals surface area contributed by atoms with Crippen molar-refractivity contribution in [3.05, 3.63) is 30.0 Å². The summed E-state index contributed by atoms with van der Waals surface area (Å²) in [5.41, 5.74) is 10.3. The lowest BCUT2D eigenvalue weighted by molar-refractivity contribution is 0.436. The molecule has 3 rings (SSSR count). The first-order valence-corrected chi connectivity index (χ1v) is 5.30. The minimum atomic E-state index is 0.381. The topological polar surface area (TPSA) is 55.3 Å². The van der Waals surface area contributed by atoms with Gasteiger partial charge in [-0.05, 0) is 29.7 Å². The standard InChI is InChI=1S/C12H13N3O/c1-15-5-4-9-6-8(2-3-11(9)15)10-7-14-16-12(10)13/h2-3,6-7H,4-5,13H2,1H3. The monoisotopic (exact) mass is 215 g/mol. The van der Waals surface area contributed by atoms with Crippen LogP contribution in [0, 0.1) is 0 Å². The molecule has 4 nitrogen and oxygen atoms in total. The van der Waals surface area contributed by atoms with Crippen molar-refractivity contribution in [2.24, 2.45) is 0 Å². The SMILES string of the molecule is CN1CCc2cc(-c3cnoc3N)ccc21. The molecule has 0 saturated heterocycles. The molecule has 0 spiro atoms. The summed E-state index contributed by atoms with van der Waals surface area (Å²) < 4.78 is 4.88. The van der Waals surface area contributed by atoms with Gasteiger partial charge in [0.15, 0.2) is 0 Å². The van der Waals surface area contributed by atoms with E-state index in [1.165, 1.54) is 11.3 Å². The van der Waals surface area contributed by atoms with Gasteiger partial charge in [0, 0.05) is 19.3 Å². The summed E-state index contributed by atoms with van der Waals surface area (Å²) in [6, 6.07) is 6.36. The van der Waals surface area contributed by atoms with E-state index >= 15 is 0 Å². The molecule has 2 heterocycles. The highest BCUT2D eigenvalue weighted by Gasteiger charge is 2.17. The highest BCUT2D eigenvalue weighted by Crippen LogP contribution is 2.33. The maximum Gasteiger partial charge on any atom is 0.229 e. The summed E-state index contributed by atoms with van der Waals surface area (Å²) in [4.78, 5) is 2.26. The first-order valence-electron chi connectivity index (χ1n) is 5.30. The molecule has 0 atom stereocenters. The number of rotatable bonds is 1. The number of anilines is 2. The molecular weight excluding hydrogens is 202 g/mol. The van der Waals surface area contributed by atoms with E-state index in [1.807, 2.05) is 0 Å². The van der Waals surface area contributed by atoms with Gasteiger partial charge in [-0.3, -0.25) is 0 Å². The number of nitrogens with two attached hydrogens (primary N) is 1. The number of likely N-dealkylation sites (N-methyl/N-ethyl adjacent to an activating group) is 1. The number of hydrogen-bond acceptors (Lipinski definition) is 4. The van der Waals surface area contributed by atoms with Crippen LogP contribution in [0.4, 0.5) is 11.6 Å². The molecule has 0 unspecified atom stereocenters. The fourth-order valence-corrected chi connectivity index (χ4v) is 2.20. The molecule has 2 N–H and O–H groups in total. The van der Waals surface area contributed by atoms with E-state index in [-0.39, 0.29) is 0 Å². The Balaban J connectivity index is 2.09. The highest BCUT2D eigenvalue weighted by molar-refractivity contribution is 5.75. The van der Waals surface area contributed by atoms with Crippen LogP contribution >= 0.6 is 0 Å². The number of fused-ring (bicyclic) bond motifs is 1. The molecule has 0 amide bonds. The molecule has 4 heteroatoms. The van der Waals surface area contributed by atoms with E-state index < -0.39 is 0 Å². The molecule has 16 heavy (non-hydrogen) atoms. The maximum absolute atomic E-state index is 5.71. The van der Waals surface area contributed by atoms with Crippen LogP contribution < -0.4 is 10.6 Å². The zero-order valence-corrected chi connectivity index (χ0v) is 9.10. The van der Waals surface area contributed by atoms with Crippen molar-refractivity contribution in [1.82, 2.24) is 5.16 Å². The van der Waals surface area contributed by atoms with Crippen molar-refractivity contribution >= 4 is 11.6 Å². The van der Waals surface area contributed by atoms with Crippen LogP contribution in [0.25, 0.3) is 11.1 Å². The normalized spacial score (nSPS) is 14.2. The molecule has 1 aliphatic heterocycles. The summed E-state index contributed by atoms with van der Waals surface area (Å²) in [7, 11) is 2.11. The molecule has 82 valence electrons. The minimum Gasteiger partial charge on any atom is -0.374 e. The van der Waals surface area contributed by atoms with Gasteiger partial charge in [-0.2, -0.15) is 0 Å². The number of aromatic nitrogens is 1. The van der Waals surface area contributed by atoms with Gasteiger partial charge in [-0.25, -0.2) is 0 Å². The third-order valence-corrected chi connectivity index (χ3v) is 3.12. The average Bonchev–Trinajstić information content (AvgIpc) is 2.86. The fraction of sp³-hybridized carbons (Fsp3) is 0.250. The molecule has 1 aromatic carbocycles. The van der Waals surface area contributed by atoms with Gasteiger partial charge in [0.05, 0.1) is 11.8 Å². The number of hydrogen-bond donors (Lipinski definition) is 1. The molecule has 0 aliphatic carbocycles. The smallest absolute Gasteiger partial charge is 0.229 e. The van der Waals surface area contributed by atoms with Gasteiger partial charge in [-0.1, -0.05) is 11.2 Å². The maximum atomic E-state index is 5.71. The van der Waals surface area contributed by atoms with Gasteiger partial charge >= 0.3 is 0 Å². The molecule has 1 aliphatic rings. The zero-order chi connectivity index (χ0) is 11.1. The van der Waals surface area contributed by atoms with Gasteiger partial charge in [-0.15, -0.1) is 0 Å². The number of nitrogens with zero attached hydrogens (tertiary/aromatic N) is 2. The second-order valence-corrected chi connectivity index (χ2v) is 4.12. The van der Waals surface area contributed by atoms with Crippen LogP contribution in [-0.2, 0) is 6.42 Å². The average molecular weight is 215 g/mol. The largest absolute Gasteiger partial charge is 0.374 e. The van der Waals surface area contributed by atoms with Gasteiger partial charge in [0.1, 0.15) is 0 Å². The number of nitrogen functional groups attached to an aromatic ring is 1. The highest BCUT2D eigenvalue weighted by atomic mass is 16.5. The molecule has 0 bridgehead atoms. The van der Waals surface area contributed by atoms with E-state index in [4.69, 9.17) is 10.3 Å². The molecule has 1 aromatic heterocycles. The Bertz CT molecular complexity index is 533. The predicted molar refractivity (Wildman–Crippen MR) is 63.3 cm³/mol. The van der Waals surface area contributed by atoms with Crippen LogP contribution in [0.2, 0.25) is 0 Å². The van der Waals surface area contributed by atoms with E-state index in [0.29, 0.717) is 5.88 Å². The van der Waals surface area contributed by atoms with Crippen molar-refractivity contribution in [1.29, 1.82) is 0 Å². The van der Waals surface area contributed by atoms with Crippen molar-refractivity contribution in [2.75, 3.05) is 24.2 Å². The number of benzene rings is 1. The molecule has 0 radical (unpaired) electrons. The summed E-state index contributed by atoms with van der Waals surface area (Å²) in [6.07, 6.45) is 2.75. The molecule has 0 fully saturated rings. The van der Waals surface area contributed by atoms with E-state index in [0.717, 1.165) is 24.1 Å². The van der Waals surface area contributed by atoms with Crippen LogP contribution in [0.3, 0.4) is 0 Å². The van der Waals surface area contributed by atoms with Gasteiger partial charge in [0.25, 0.3) is 0 Å². The minimum absolute atomic E-state index is 0.381. The Morgan fingerprint density at radius 3 is 3.06 bits per heavy atom. The lowest BCUT2D eigenvalue weighted by atomic mass is 10.0. The first-order chi connectivity index (χ1) is 7.75. The Morgan fingerprint density at radius 2 is 2.31 bits per heavy atom. The third kappa shape index (κ3) is 1.26. The quantitative estimate of drug-likeness (QED) is 0.789. The molecule has 2 aromatic rings. The summed E-state index contributed by atoms with van der Waals surface area (Å²) in [5, 5.41) is 3.70. The van der Waals surface area contributed by atoms with Gasteiger partial charge in [0.2, 0.25) is 5.88 Å². The third-order valence-electron chi connectivity index (χ3n) is 3.12. The van der Waals surface area contributed by atoms with Crippen LogP contribution in [0.15, 0.2) is 28.9 Å². The second kappa shape index (κ2) is 3.27. The molecular formula is C12H13N3O. The van der Waals surface area contributed by atoms with Crippen molar-refractivity contribution < 1.29 is 4.52 Å². The lowest BCUT2D eigenvalue weighted by Crippen LogP contribution is -2.12. The predicted octanol–water partition coefficient (Wildman–Crippen LogP) is 1.92. The Kier molecular flexibility index (Phi) is 1.89. The second-order valence-electron chi connectivity index (χ2n) is 4.12. The lowest BCUT2D eigenvalue weighted by Gasteiger charge is -2.11. The van der Waals surface area contributed by atoms with Crippen LogP contribution in [0.1, 0.15) is 5.56 Å². The summed E-state index contributed by atoms with van der Waals surface area (Å²) in [6.45, 7) is 1.08. The summed E-state index contributed by atoms with van der Waals surface area (Å²) >= 11 is 0. The van der Waals surface area contributed by atoms with Crippen LogP contribution in [-0.4, -0.2) is 18.7 Å². The van der Waals surface area contributed by atoms with E-state index in [1.54, 1.807) is 6.20 Å². The van der Waals surface area contributed by atoms with Crippen molar-refractivity contribution in [3.63, 3.8) is 0 Å². The molecule has 0 saturated carbocycles. The fourth-order valence-electron chi connectivity index (χ4n) is 2.20.